The summed E-state index contributed by atoms with van der Waals surface area (Å²) in [5.74, 6) is -1.85. The molecule has 180 valence electrons. The summed E-state index contributed by atoms with van der Waals surface area (Å²) in [7, 11) is 1.42. The van der Waals surface area contributed by atoms with Crippen LogP contribution in [0.15, 0.2) is 48.5 Å². The molecule has 1 aliphatic carbocycles. The molecule has 1 aliphatic heterocycles. The summed E-state index contributed by atoms with van der Waals surface area (Å²) < 4.78 is 10.8. The number of carboxylic acid groups (broad SMARTS) is 1. The first-order chi connectivity index (χ1) is 16.3. The zero-order valence-electron chi connectivity index (χ0n) is 19.6. The van der Waals surface area contributed by atoms with Crippen molar-refractivity contribution in [3.63, 3.8) is 0 Å². The van der Waals surface area contributed by atoms with E-state index >= 15 is 0 Å². The molecule has 2 N–H and O–H groups in total. The molecule has 0 saturated carbocycles. The van der Waals surface area contributed by atoms with E-state index in [2.05, 4.69) is 17.4 Å². The average molecular weight is 467 g/mol. The summed E-state index contributed by atoms with van der Waals surface area (Å²) in [6.45, 7) is 3.63. The van der Waals surface area contributed by atoms with Gasteiger partial charge in [-0.15, -0.1) is 0 Å². The highest BCUT2D eigenvalue weighted by Gasteiger charge is 2.47. The lowest BCUT2D eigenvalue weighted by molar-refractivity contribution is -0.152. The molecule has 4 rings (SSSR count). The second-order valence-electron chi connectivity index (χ2n) is 9.26. The van der Waals surface area contributed by atoms with Crippen LogP contribution in [0.1, 0.15) is 37.3 Å². The van der Waals surface area contributed by atoms with Gasteiger partial charge in [-0.2, -0.15) is 0 Å². The molecule has 8 heteroatoms. The largest absolute Gasteiger partial charge is 0.480 e. The number of aliphatic carboxylic acids is 1. The van der Waals surface area contributed by atoms with Crippen molar-refractivity contribution in [3.8, 4) is 11.1 Å². The Morgan fingerprint density at radius 1 is 1.09 bits per heavy atom. The third-order valence-corrected chi connectivity index (χ3v) is 6.84. The first-order valence-electron chi connectivity index (χ1n) is 11.4. The molecule has 8 nitrogen and oxygen atoms in total. The molecule has 0 bridgehead atoms. The fraction of sp³-hybridized carbons (Fsp3) is 0.423. The van der Waals surface area contributed by atoms with Crippen LogP contribution < -0.4 is 5.32 Å². The Balaban J connectivity index is 1.48. The lowest BCUT2D eigenvalue weighted by atomic mass is 9.98. The number of rotatable bonds is 7. The van der Waals surface area contributed by atoms with E-state index < -0.39 is 29.6 Å². The molecule has 2 aromatic carbocycles. The molecule has 1 saturated heterocycles. The van der Waals surface area contributed by atoms with Gasteiger partial charge in [-0.1, -0.05) is 55.5 Å². The highest BCUT2D eigenvalue weighted by molar-refractivity contribution is 5.93. The molecule has 1 fully saturated rings. The third-order valence-electron chi connectivity index (χ3n) is 6.84. The van der Waals surface area contributed by atoms with Crippen molar-refractivity contribution >= 4 is 18.0 Å². The normalized spacial score (nSPS) is 20.9. The Hall–Kier alpha value is -3.39. The van der Waals surface area contributed by atoms with E-state index in [0.29, 0.717) is 13.0 Å². The molecule has 3 unspecified atom stereocenters. The van der Waals surface area contributed by atoms with Gasteiger partial charge in [-0.3, -0.25) is 4.79 Å². The number of carbonyl (C=O) groups is 3. The number of nitrogens with zero attached hydrogens (tertiary/aromatic N) is 1. The number of alkyl carbamates (subject to hydrolysis) is 1. The lowest BCUT2D eigenvalue weighted by Gasteiger charge is -2.34. The zero-order chi connectivity index (χ0) is 24.5. The van der Waals surface area contributed by atoms with Crippen LogP contribution in [0.4, 0.5) is 4.79 Å². The fourth-order valence-electron chi connectivity index (χ4n) is 5.17. The summed E-state index contributed by atoms with van der Waals surface area (Å²) in [4.78, 5) is 39.3. The summed E-state index contributed by atoms with van der Waals surface area (Å²) in [5, 5.41) is 12.3. The van der Waals surface area contributed by atoms with Gasteiger partial charge in [0.1, 0.15) is 18.2 Å². The third kappa shape index (κ3) is 4.25. The predicted molar refractivity (Wildman–Crippen MR) is 125 cm³/mol. The number of fused-ring (bicyclic) bond motifs is 3. The Morgan fingerprint density at radius 2 is 1.68 bits per heavy atom. The number of likely N-dealkylation sites (tertiary alicyclic amines) is 1. The van der Waals surface area contributed by atoms with Crippen LogP contribution >= 0.6 is 0 Å². The van der Waals surface area contributed by atoms with Crippen LogP contribution in [0.3, 0.4) is 0 Å². The molecule has 2 aliphatic rings. The van der Waals surface area contributed by atoms with Crippen molar-refractivity contribution in [3.05, 3.63) is 59.7 Å². The fourth-order valence-corrected chi connectivity index (χ4v) is 5.17. The molecule has 3 atom stereocenters. The van der Waals surface area contributed by atoms with Crippen LogP contribution in [0, 0.1) is 5.92 Å². The zero-order valence-corrected chi connectivity index (χ0v) is 19.6. The first kappa shape index (κ1) is 23.8. The minimum atomic E-state index is -1.46. The number of amides is 2. The Morgan fingerprint density at radius 3 is 2.24 bits per heavy atom. The van der Waals surface area contributed by atoms with Crippen LogP contribution in [0.2, 0.25) is 0 Å². The van der Waals surface area contributed by atoms with E-state index in [0.717, 1.165) is 22.3 Å². The Kier molecular flexibility index (Phi) is 6.61. The molecular formula is C26H30N2O6. The first-order valence-corrected chi connectivity index (χ1v) is 11.4. The van der Waals surface area contributed by atoms with E-state index in [4.69, 9.17) is 9.47 Å². The number of hydrogen-bond acceptors (Lipinski definition) is 5. The minimum absolute atomic E-state index is 0.107. The summed E-state index contributed by atoms with van der Waals surface area (Å²) >= 11 is 0. The highest BCUT2D eigenvalue weighted by atomic mass is 16.5. The summed E-state index contributed by atoms with van der Waals surface area (Å²) in [6, 6.07) is 15.1. The maximum Gasteiger partial charge on any atom is 0.408 e. The standard InChI is InChI=1S/C26H30N2O6/c1-16-12-13-28(22(16)23(29)30)24(31)26(2,15-33-3)27-25(32)34-14-21-19-10-6-4-8-17(19)18-9-5-7-11-20(18)21/h4-11,16,21-22H,12-15H2,1-3H3,(H,27,32)(H,29,30). The Bertz CT molecular complexity index is 1060. The lowest BCUT2D eigenvalue weighted by Crippen LogP contribution is -2.62. The Labute approximate surface area is 198 Å². The van der Waals surface area contributed by atoms with E-state index in [1.807, 2.05) is 36.4 Å². The van der Waals surface area contributed by atoms with E-state index in [1.165, 1.54) is 18.9 Å². The van der Waals surface area contributed by atoms with Crippen LogP contribution in [-0.2, 0) is 19.1 Å². The van der Waals surface area contributed by atoms with Gasteiger partial charge in [-0.25, -0.2) is 9.59 Å². The number of hydrogen-bond donors (Lipinski definition) is 2. The number of carbonyl (C=O) groups excluding carboxylic acids is 2. The van der Waals surface area contributed by atoms with Crippen molar-refractivity contribution in [2.24, 2.45) is 5.92 Å². The summed E-state index contributed by atoms with van der Waals surface area (Å²) in [5.41, 5.74) is 2.95. The van der Waals surface area contributed by atoms with Gasteiger partial charge in [0.25, 0.3) is 5.91 Å². The van der Waals surface area contributed by atoms with Crippen molar-refractivity contribution in [1.29, 1.82) is 0 Å². The van der Waals surface area contributed by atoms with Gasteiger partial charge in [0.15, 0.2) is 0 Å². The van der Waals surface area contributed by atoms with E-state index in [1.54, 1.807) is 6.92 Å². The van der Waals surface area contributed by atoms with Gasteiger partial charge in [0.05, 0.1) is 6.61 Å². The smallest absolute Gasteiger partial charge is 0.408 e. The van der Waals surface area contributed by atoms with Crippen LogP contribution in [-0.4, -0.2) is 66.4 Å². The van der Waals surface area contributed by atoms with Crippen molar-refractivity contribution in [2.45, 2.75) is 37.8 Å². The van der Waals surface area contributed by atoms with Crippen molar-refractivity contribution < 1.29 is 29.0 Å². The second-order valence-corrected chi connectivity index (χ2v) is 9.26. The maximum absolute atomic E-state index is 13.4. The van der Waals surface area contributed by atoms with Gasteiger partial charge in [0.2, 0.25) is 0 Å². The highest BCUT2D eigenvalue weighted by Crippen LogP contribution is 2.44. The van der Waals surface area contributed by atoms with Crippen LogP contribution in [0.25, 0.3) is 11.1 Å². The van der Waals surface area contributed by atoms with E-state index in [9.17, 15) is 19.5 Å². The SMILES string of the molecule is COCC(C)(NC(=O)OCC1c2ccccc2-c2ccccc21)C(=O)N1CCC(C)C1C(=O)O. The molecule has 2 amide bonds. The molecule has 2 aromatic rings. The number of ether oxygens (including phenoxy) is 2. The van der Waals surface area contributed by atoms with E-state index in [-0.39, 0.29) is 25.0 Å². The molecule has 1 heterocycles. The van der Waals surface area contributed by atoms with Crippen molar-refractivity contribution in [1.82, 2.24) is 10.2 Å². The van der Waals surface area contributed by atoms with Gasteiger partial charge < -0.3 is 24.8 Å². The maximum atomic E-state index is 13.4. The number of methoxy groups -OCH3 is 1. The monoisotopic (exact) mass is 466 g/mol. The average Bonchev–Trinajstić information content (AvgIpc) is 3.35. The number of nitrogens with one attached hydrogen (secondary N) is 1. The molecule has 0 radical (unpaired) electrons. The number of carboxylic acids is 1. The van der Waals surface area contributed by atoms with Crippen LogP contribution in [0.5, 0.6) is 0 Å². The predicted octanol–water partition coefficient (Wildman–Crippen LogP) is 3.25. The molecular weight excluding hydrogens is 436 g/mol. The second kappa shape index (κ2) is 9.46. The quantitative estimate of drug-likeness (QED) is 0.649. The molecule has 0 spiro atoms. The number of benzene rings is 2. The van der Waals surface area contributed by atoms with Gasteiger partial charge in [0, 0.05) is 19.6 Å². The minimum Gasteiger partial charge on any atom is -0.480 e. The molecule has 0 aromatic heterocycles. The van der Waals surface area contributed by atoms with Crippen molar-refractivity contribution in [2.75, 3.05) is 26.9 Å². The summed E-state index contributed by atoms with van der Waals surface area (Å²) in [6.07, 6.45) is -0.176. The van der Waals surface area contributed by atoms with Gasteiger partial charge in [-0.05, 0) is 41.5 Å². The molecule has 34 heavy (non-hydrogen) atoms. The topological polar surface area (TPSA) is 105 Å². The van der Waals surface area contributed by atoms with Gasteiger partial charge >= 0.3 is 12.1 Å².